The molecular formula is C20H23N7S. The predicted octanol–water partition coefficient (Wildman–Crippen LogP) is 2.93. The SMILES string of the molecule is N#Cc1ccc2c(c1)SN(CCCCN1CCN(c3ncccn3)CC1)C=N2. The van der Waals surface area contributed by atoms with Crippen LogP contribution in [0.25, 0.3) is 0 Å². The highest BCUT2D eigenvalue weighted by Gasteiger charge is 2.18. The van der Waals surface area contributed by atoms with Gasteiger partial charge in [-0.2, -0.15) is 5.26 Å². The Labute approximate surface area is 169 Å². The highest BCUT2D eigenvalue weighted by Crippen LogP contribution is 2.35. The Morgan fingerprint density at radius 1 is 1.04 bits per heavy atom. The Hall–Kier alpha value is -2.63. The quantitative estimate of drug-likeness (QED) is 0.552. The first-order valence-corrected chi connectivity index (χ1v) is 10.4. The number of unbranched alkanes of at least 4 members (excludes halogenated alkanes) is 1. The summed E-state index contributed by atoms with van der Waals surface area (Å²) in [4.78, 5) is 19.0. The lowest BCUT2D eigenvalue weighted by molar-refractivity contribution is 0.251. The van der Waals surface area contributed by atoms with Gasteiger partial charge < -0.3 is 9.21 Å². The van der Waals surface area contributed by atoms with Crippen LogP contribution in [0.3, 0.4) is 0 Å². The van der Waals surface area contributed by atoms with Crippen LogP contribution in [0.1, 0.15) is 18.4 Å². The molecule has 1 aromatic carbocycles. The van der Waals surface area contributed by atoms with Gasteiger partial charge in [0.25, 0.3) is 0 Å². The molecule has 1 aromatic heterocycles. The van der Waals surface area contributed by atoms with Crippen LogP contribution in [-0.2, 0) is 0 Å². The fraction of sp³-hybridized carbons (Fsp3) is 0.400. The first-order chi connectivity index (χ1) is 13.8. The van der Waals surface area contributed by atoms with E-state index in [4.69, 9.17) is 5.26 Å². The van der Waals surface area contributed by atoms with Crippen molar-refractivity contribution < 1.29 is 0 Å². The van der Waals surface area contributed by atoms with E-state index in [0.717, 1.165) is 68.6 Å². The topological polar surface area (TPSA) is 71.7 Å². The van der Waals surface area contributed by atoms with Crippen molar-refractivity contribution >= 4 is 29.9 Å². The molecule has 4 rings (SSSR count). The molecule has 0 N–H and O–H groups in total. The number of aromatic nitrogens is 2. The molecular weight excluding hydrogens is 370 g/mol. The minimum absolute atomic E-state index is 0.684. The van der Waals surface area contributed by atoms with Gasteiger partial charge in [-0.1, -0.05) is 0 Å². The monoisotopic (exact) mass is 393 g/mol. The highest BCUT2D eigenvalue weighted by atomic mass is 32.2. The van der Waals surface area contributed by atoms with E-state index in [2.05, 4.69) is 35.1 Å². The molecule has 144 valence electrons. The maximum atomic E-state index is 9.06. The third-order valence-corrected chi connectivity index (χ3v) is 5.98. The summed E-state index contributed by atoms with van der Waals surface area (Å²) in [6.07, 6.45) is 7.79. The largest absolute Gasteiger partial charge is 0.338 e. The predicted molar refractivity (Wildman–Crippen MR) is 112 cm³/mol. The second-order valence-electron chi connectivity index (χ2n) is 6.86. The number of benzene rings is 1. The number of aliphatic imine (C=N–C) groups is 1. The zero-order chi connectivity index (χ0) is 19.2. The van der Waals surface area contributed by atoms with Crippen LogP contribution in [0, 0.1) is 11.3 Å². The Bertz CT molecular complexity index is 857. The summed E-state index contributed by atoms with van der Waals surface area (Å²) in [5.41, 5.74) is 1.63. The van der Waals surface area contributed by atoms with Crippen molar-refractivity contribution in [3.8, 4) is 6.07 Å². The molecule has 7 nitrogen and oxygen atoms in total. The Morgan fingerprint density at radius 2 is 1.82 bits per heavy atom. The Balaban J connectivity index is 1.17. The van der Waals surface area contributed by atoms with Gasteiger partial charge in [-0.3, -0.25) is 4.90 Å². The van der Waals surface area contributed by atoms with Gasteiger partial charge >= 0.3 is 0 Å². The van der Waals surface area contributed by atoms with E-state index in [1.54, 1.807) is 24.3 Å². The standard InChI is InChI=1S/C20H23N7S/c21-15-17-4-5-18-19(14-17)28-27(16-24-18)9-2-1-8-25-10-12-26(13-11-25)20-22-6-3-7-23-20/h3-7,14,16H,1-2,8-13H2. The van der Waals surface area contributed by atoms with E-state index in [1.807, 2.05) is 30.6 Å². The molecule has 0 amide bonds. The molecule has 28 heavy (non-hydrogen) atoms. The molecule has 2 aliphatic rings. The minimum atomic E-state index is 0.684. The van der Waals surface area contributed by atoms with Gasteiger partial charge in [0.05, 0.1) is 22.2 Å². The third-order valence-electron chi connectivity index (χ3n) is 4.94. The molecule has 1 saturated heterocycles. The van der Waals surface area contributed by atoms with E-state index in [9.17, 15) is 0 Å². The number of fused-ring (bicyclic) bond motifs is 1. The number of anilines is 1. The first kappa shape index (κ1) is 18.7. The molecule has 1 fully saturated rings. The zero-order valence-corrected chi connectivity index (χ0v) is 16.6. The van der Waals surface area contributed by atoms with Crippen LogP contribution in [0.2, 0.25) is 0 Å². The van der Waals surface area contributed by atoms with Crippen LogP contribution in [0.15, 0.2) is 46.5 Å². The van der Waals surface area contributed by atoms with Crippen molar-refractivity contribution in [3.05, 3.63) is 42.2 Å². The molecule has 0 saturated carbocycles. The lowest BCUT2D eigenvalue weighted by Crippen LogP contribution is -2.47. The number of hydrogen-bond donors (Lipinski definition) is 0. The molecule has 0 atom stereocenters. The maximum absolute atomic E-state index is 9.06. The van der Waals surface area contributed by atoms with Crippen molar-refractivity contribution in [1.29, 1.82) is 5.26 Å². The summed E-state index contributed by atoms with van der Waals surface area (Å²) in [6, 6.07) is 9.69. The van der Waals surface area contributed by atoms with Crippen LogP contribution >= 0.6 is 11.9 Å². The van der Waals surface area contributed by atoms with E-state index in [1.165, 1.54) is 0 Å². The molecule has 0 aliphatic carbocycles. The number of nitriles is 1. The van der Waals surface area contributed by atoms with E-state index in [0.29, 0.717) is 5.56 Å². The molecule has 0 spiro atoms. The number of hydrogen-bond acceptors (Lipinski definition) is 8. The molecule has 2 aromatic rings. The van der Waals surface area contributed by atoms with E-state index in [-0.39, 0.29) is 0 Å². The van der Waals surface area contributed by atoms with Crippen LogP contribution in [0.5, 0.6) is 0 Å². The normalized spacial score (nSPS) is 16.7. The lowest BCUT2D eigenvalue weighted by atomic mass is 10.2. The summed E-state index contributed by atoms with van der Waals surface area (Å²) in [6.45, 7) is 6.16. The van der Waals surface area contributed by atoms with Crippen LogP contribution in [0.4, 0.5) is 11.6 Å². The van der Waals surface area contributed by atoms with Gasteiger partial charge in [0.1, 0.15) is 6.34 Å². The Morgan fingerprint density at radius 3 is 2.61 bits per heavy atom. The summed E-state index contributed by atoms with van der Waals surface area (Å²) >= 11 is 1.67. The maximum Gasteiger partial charge on any atom is 0.225 e. The van der Waals surface area contributed by atoms with Gasteiger partial charge in [0.2, 0.25) is 5.95 Å². The summed E-state index contributed by atoms with van der Waals surface area (Å²) in [5, 5.41) is 9.06. The highest BCUT2D eigenvalue weighted by molar-refractivity contribution is 7.97. The number of nitrogens with zero attached hydrogens (tertiary/aromatic N) is 7. The van der Waals surface area contributed by atoms with Crippen molar-refractivity contribution in [2.24, 2.45) is 4.99 Å². The van der Waals surface area contributed by atoms with Crippen molar-refractivity contribution in [2.45, 2.75) is 17.7 Å². The smallest absolute Gasteiger partial charge is 0.225 e. The summed E-state index contributed by atoms with van der Waals surface area (Å²) < 4.78 is 2.16. The van der Waals surface area contributed by atoms with Gasteiger partial charge in [-0.05, 0) is 55.6 Å². The van der Waals surface area contributed by atoms with Gasteiger partial charge in [-0.25, -0.2) is 15.0 Å². The second kappa shape index (κ2) is 9.04. The van der Waals surface area contributed by atoms with E-state index < -0.39 is 0 Å². The zero-order valence-electron chi connectivity index (χ0n) is 15.7. The molecule has 0 radical (unpaired) electrons. The van der Waals surface area contributed by atoms with Gasteiger partial charge in [-0.15, -0.1) is 0 Å². The average Bonchev–Trinajstić information content (AvgIpc) is 2.77. The molecule has 0 bridgehead atoms. The second-order valence-corrected chi connectivity index (χ2v) is 7.95. The van der Waals surface area contributed by atoms with Crippen LogP contribution in [-0.4, -0.2) is 64.8 Å². The van der Waals surface area contributed by atoms with Gasteiger partial charge in [0, 0.05) is 45.1 Å². The van der Waals surface area contributed by atoms with E-state index >= 15 is 0 Å². The molecule has 2 aliphatic heterocycles. The fourth-order valence-electron chi connectivity index (χ4n) is 3.37. The van der Waals surface area contributed by atoms with Crippen LogP contribution < -0.4 is 4.90 Å². The summed E-state index contributed by atoms with van der Waals surface area (Å²) in [5.74, 6) is 0.836. The molecule has 3 heterocycles. The Kier molecular flexibility index (Phi) is 6.04. The number of rotatable bonds is 6. The van der Waals surface area contributed by atoms with Crippen molar-refractivity contribution in [3.63, 3.8) is 0 Å². The first-order valence-electron chi connectivity index (χ1n) is 9.59. The minimum Gasteiger partial charge on any atom is -0.338 e. The molecule has 8 heteroatoms. The van der Waals surface area contributed by atoms with Crippen molar-refractivity contribution in [2.75, 3.05) is 44.2 Å². The number of piperazine rings is 1. The summed E-state index contributed by atoms with van der Waals surface area (Å²) in [7, 11) is 0. The van der Waals surface area contributed by atoms with Gasteiger partial charge in [0.15, 0.2) is 0 Å². The average molecular weight is 394 g/mol. The third kappa shape index (κ3) is 4.61. The lowest BCUT2D eigenvalue weighted by Gasteiger charge is -2.34. The molecule has 0 unspecified atom stereocenters. The van der Waals surface area contributed by atoms with Crippen molar-refractivity contribution in [1.82, 2.24) is 19.2 Å². The fourth-order valence-corrected chi connectivity index (χ4v) is 4.33.